The molecule has 2 aromatic carbocycles. The average Bonchev–Trinajstić information content (AvgIpc) is 2.75. The molecule has 3 rings (SSSR count). The van der Waals surface area contributed by atoms with E-state index in [0.717, 1.165) is 5.56 Å². The molecule has 0 radical (unpaired) electrons. The summed E-state index contributed by atoms with van der Waals surface area (Å²) in [6, 6.07) is 13.4. The minimum absolute atomic E-state index is 0.219. The van der Waals surface area contributed by atoms with E-state index < -0.39 is 17.2 Å². The topological polar surface area (TPSA) is 84.3 Å². The van der Waals surface area contributed by atoms with E-state index in [9.17, 15) is 14.4 Å². The SMILES string of the molecule is CCN(CC(=O)Nc1cc(Cl)ccc1C)C(=O)c1nn(-c2ccc(Cl)cc2)c(C)cc1=O. The minimum atomic E-state index is -0.627. The fraction of sp³-hybridized carbons (Fsp3) is 0.217. The Balaban J connectivity index is 1.85. The highest BCUT2D eigenvalue weighted by molar-refractivity contribution is 6.31. The van der Waals surface area contributed by atoms with Crippen LogP contribution in [0.4, 0.5) is 5.69 Å². The molecule has 0 saturated heterocycles. The molecule has 1 heterocycles. The maximum absolute atomic E-state index is 13.1. The number of anilines is 1. The highest BCUT2D eigenvalue weighted by Crippen LogP contribution is 2.20. The van der Waals surface area contributed by atoms with Crippen LogP contribution >= 0.6 is 23.2 Å². The monoisotopic (exact) mass is 472 g/mol. The van der Waals surface area contributed by atoms with Crippen molar-refractivity contribution in [2.24, 2.45) is 0 Å². The van der Waals surface area contributed by atoms with Gasteiger partial charge in [0.05, 0.1) is 5.69 Å². The first-order valence-electron chi connectivity index (χ1n) is 9.91. The Kier molecular flexibility index (Phi) is 7.33. The summed E-state index contributed by atoms with van der Waals surface area (Å²) in [5.74, 6) is -1.03. The number of carbonyl (C=O) groups is 2. The van der Waals surface area contributed by atoms with Gasteiger partial charge in [0.15, 0.2) is 5.69 Å². The maximum atomic E-state index is 13.1. The van der Waals surface area contributed by atoms with Crippen LogP contribution in [0, 0.1) is 13.8 Å². The molecular weight excluding hydrogens is 451 g/mol. The maximum Gasteiger partial charge on any atom is 0.278 e. The third kappa shape index (κ3) is 5.36. The first kappa shape index (κ1) is 23.5. The average molecular weight is 473 g/mol. The van der Waals surface area contributed by atoms with Crippen LogP contribution in [0.15, 0.2) is 53.3 Å². The molecule has 7 nitrogen and oxygen atoms in total. The highest BCUT2D eigenvalue weighted by atomic mass is 35.5. The molecule has 0 aliphatic carbocycles. The van der Waals surface area contributed by atoms with Gasteiger partial charge in [-0.05, 0) is 62.7 Å². The lowest BCUT2D eigenvalue weighted by atomic mass is 10.2. The molecule has 0 aliphatic rings. The first-order chi connectivity index (χ1) is 15.2. The summed E-state index contributed by atoms with van der Waals surface area (Å²) >= 11 is 11.9. The number of benzene rings is 2. The van der Waals surface area contributed by atoms with Crippen molar-refractivity contribution in [2.45, 2.75) is 20.8 Å². The van der Waals surface area contributed by atoms with E-state index in [4.69, 9.17) is 23.2 Å². The van der Waals surface area contributed by atoms with Gasteiger partial charge in [-0.15, -0.1) is 0 Å². The van der Waals surface area contributed by atoms with E-state index in [2.05, 4.69) is 10.4 Å². The van der Waals surface area contributed by atoms with Crippen molar-refractivity contribution in [3.05, 3.63) is 85.8 Å². The number of carbonyl (C=O) groups excluding carboxylic acids is 2. The van der Waals surface area contributed by atoms with Crippen LogP contribution in [0.2, 0.25) is 10.0 Å². The molecule has 0 spiro atoms. The normalized spacial score (nSPS) is 10.7. The van der Waals surface area contributed by atoms with Crippen LogP contribution in [-0.2, 0) is 4.79 Å². The van der Waals surface area contributed by atoms with Gasteiger partial charge in [0.1, 0.15) is 6.54 Å². The Morgan fingerprint density at radius 1 is 1.03 bits per heavy atom. The van der Waals surface area contributed by atoms with E-state index >= 15 is 0 Å². The van der Waals surface area contributed by atoms with Crippen LogP contribution < -0.4 is 10.7 Å². The largest absolute Gasteiger partial charge is 0.328 e. The number of hydrogen-bond donors (Lipinski definition) is 1. The second-order valence-electron chi connectivity index (χ2n) is 7.21. The van der Waals surface area contributed by atoms with Crippen molar-refractivity contribution in [1.82, 2.24) is 14.7 Å². The van der Waals surface area contributed by atoms with Crippen molar-refractivity contribution >= 4 is 40.7 Å². The van der Waals surface area contributed by atoms with Gasteiger partial charge >= 0.3 is 0 Å². The number of hydrogen-bond acceptors (Lipinski definition) is 4. The number of amides is 2. The zero-order valence-electron chi connectivity index (χ0n) is 17.9. The third-order valence-corrected chi connectivity index (χ3v) is 5.35. The number of nitrogens with zero attached hydrogens (tertiary/aromatic N) is 3. The molecule has 0 unspecified atom stereocenters. The van der Waals surface area contributed by atoms with Gasteiger partial charge in [0.25, 0.3) is 5.91 Å². The molecule has 0 atom stereocenters. The fourth-order valence-electron chi connectivity index (χ4n) is 3.11. The van der Waals surface area contributed by atoms with E-state index in [1.54, 1.807) is 56.3 Å². The van der Waals surface area contributed by atoms with Crippen molar-refractivity contribution in [2.75, 3.05) is 18.4 Å². The van der Waals surface area contributed by atoms with Gasteiger partial charge < -0.3 is 10.2 Å². The van der Waals surface area contributed by atoms with Crippen LogP contribution in [0.5, 0.6) is 0 Å². The smallest absolute Gasteiger partial charge is 0.278 e. The number of aromatic nitrogens is 2. The second-order valence-corrected chi connectivity index (χ2v) is 8.09. The Morgan fingerprint density at radius 2 is 1.69 bits per heavy atom. The van der Waals surface area contributed by atoms with Gasteiger partial charge in [-0.2, -0.15) is 5.10 Å². The Labute approximate surface area is 195 Å². The molecule has 166 valence electrons. The molecule has 32 heavy (non-hydrogen) atoms. The Bertz CT molecular complexity index is 1220. The van der Waals surface area contributed by atoms with Crippen molar-refractivity contribution in [3.8, 4) is 5.69 Å². The molecule has 9 heteroatoms. The predicted molar refractivity (Wildman–Crippen MR) is 126 cm³/mol. The van der Waals surface area contributed by atoms with E-state index in [0.29, 0.717) is 27.1 Å². The van der Waals surface area contributed by atoms with Crippen LogP contribution in [0.25, 0.3) is 5.69 Å². The lowest BCUT2D eigenvalue weighted by Crippen LogP contribution is -2.41. The third-order valence-electron chi connectivity index (χ3n) is 4.86. The van der Waals surface area contributed by atoms with Gasteiger partial charge in [-0.1, -0.05) is 29.3 Å². The number of rotatable bonds is 6. The molecule has 1 N–H and O–H groups in total. The summed E-state index contributed by atoms with van der Waals surface area (Å²) < 4.78 is 1.49. The number of likely N-dealkylation sites (N-methyl/N-ethyl adjacent to an activating group) is 1. The molecule has 3 aromatic rings. The van der Waals surface area contributed by atoms with Gasteiger partial charge in [0.2, 0.25) is 11.3 Å². The standard InChI is InChI=1S/C23H22Cl2N4O3/c1-4-28(13-21(31)26-19-12-17(25)6-5-14(19)2)23(32)22-20(30)11-15(3)29(27-22)18-9-7-16(24)8-10-18/h5-12H,4,13H2,1-3H3,(H,26,31). The molecule has 0 bridgehead atoms. The summed E-state index contributed by atoms with van der Waals surface area (Å²) in [5.41, 5.74) is 1.83. The second kappa shape index (κ2) is 9.97. The number of halogens is 2. The minimum Gasteiger partial charge on any atom is -0.328 e. The van der Waals surface area contributed by atoms with Crippen molar-refractivity contribution in [3.63, 3.8) is 0 Å². The zero-order chi connectivity index (χ0) is 23.4. The van der Waals surface area contributed by atoms with Gasteiger partial charge in [-0.25, -0.2) is 4.68 Å². The van der Waals surface area contributed by atoms with Gasteiger partial charge in [0, 0.05) is 34.0 Å². The number of aryl methyl sites for hydroxylation is 2. The molecule has 2 amide bonds. The van der Waals surface area contributed by atoms with E-state index in [1.165, 1.54) is 15.6 Å². The number of nitrogens with one attached hydrogen (secondary N) is 1. The zero-order valence-corrected chi connectivity index (χ0v) is 19.4. The Morgan fingerprint density at radius 3 is 2.34 bits per heavy atom. The molecule has 0 aliphatic heterocycles. The molecular formula is C23H22Cl2N4O3. The quantitative estimate of drug-likeness (QED) is 0.580. The summed E-state index contributed by atoms with van der Waals surface area (Å²) in [6.07, 6.45) is 0. The molecule has 0 saturated carbocycles. The van der Waals surface area contributed by atoms with E-state index in [1.807, 2.05) is 6.92 Å². The summed E-state index contributed by atoms with van der Waals surface area (Å²) in [4.78, 5) is 39.5. The van der Waals surface area contributed by atoms with Crippen LogP contribution in [0.3, 0.4) is 0 Å². The lowest BCUT2D eigenvalue weighted by Gasteiger charge is -2.21. The molecule has 1 aromatic heterocycles. The first-order valence-corrected chi connectivity index (χ1v) is 10.7. The molecule has 0 fully saturated rings. The highest BCUT2D eigenvalue weighted by Gasteiger charge is 2.23. The Hall–Kier alpha value is -3.16. The van der Waals surface area contributed by atoms with Gasteiger partial charge in [-0.3, -0.25) is 14.4 Å². The van der Waals surface area contributed by atoms with Crippen molar-refractivity contribution < 1.29 is 9.59 Å². The van der Waals surface area contributed by atoms with Crippen LogP contribution in [0.1, 0.15) is 28.7 Å². The van der Waals surface area contributed by atoms with E-state index in [-0.39, 0.29) is 18.8 Å². The predicted octanol–water partition coefficient (Wildman–Crippen LogP) is 4.26. The lowest BCUT2D eigenvalue weighted by molar-refractivity contribution is -0.116. The fourth-order valence-corrected chi connectivity index (χ4v) is 3.41. The summed E-state index contributed by atoms with van der Waals surface area (Å²) in [5, 5.41) is 8.08. The summed E-state index contributed by atoms with van der Waals surface area (Å²) in [7, 11) is 0. The van der Waals surface area contributed by atoms with Crippen LogP contribution in [-0.4, -0.2) is 39.6 Å². The summed E-state index contributed by atoms with van der Waals surface area (Å²) in [6.45, 7) is 5.26. The van der Waals surface area contributed by atoms with Crippen molar-refractivity contribution in [1.29, 1.82) is 0 Å².